The number of para-hydroxylation sites is 1. The van der Waals surface area contributed by atoms with E-state index >= 15 is 0 Å². The number of carboxylic acid groups (broad SMARTS) is 1. The molecule has 1 amide bonds. The fourth-order valence-electron chi connectivity index (χ4n) is 5.37. The fourth-order valence-corrected chi connectivity index (χ4v) is 5.37. The number of aromatic carboxylic acids is 1. The van der Waals surface area contributed by atoms with Gasteiger partial charge in [-0.25, -0.2) is 9.18 Å². The topological polar surface area (TPSA) is 117 Å². The Morgan fingerprint density at radius 1 is 1.00 bits per heavy atom. The summed E-state index contributed by atoms with van der Waals surface area (Å²) in [5.41, 5.74) is 1.53. The van der Waals surface area contributed by atoms with Crippen molar-refractivity contribution >= 4 is 17.6 Å². The highest BCUT2D eigenvalue weighted by atomic mass is 19.1. The maximum Gasteiger partial charge on any atom is 0.339 e. The minimum atomic E-state index is -1.30. The molecular formula is C33H39FN2O6. The van der Waals surface area contributed by atoms with E-state index in [4.69, 9.17) is 9.47 Å². The van der Waals surface area contributed by atoms with Crippen molar-refractivity contribution in [2.45, 2.75) is 59.2 Å². The van der Waals surface area contributed by atoms with Crippen LogP contribution in [-0.4, -0.2) is 34.8 Å². The number of carboxylic acids is 1. The molecule has 0 aliphatic heterocycles. The molecule has 3 atom stereocenters. The van der Waals surface area contributed by atoms with Crippen LogP contribution in [0, 0.1) is 23.6 Å². The van der Waals surface area contributed by atoms with Crippen molar-refractivity contribution in [2.24, 2.45) is 17.8 Å². The second-order valence-electron chi connectivity index (χ2n) is 11.3. The number of amides is 1. The monoisotopic (exact) mass is 578 g/mol. The van der Waals surface area contributed by atoms with Crippen molar-refractivity contribution in [1.29, 1.82) is 0 Å². The Bertz CT molecular complexity index is 1380. The van der Waals surface area contributed by atoms with Gasteiger partial charge < -0.3 is 30.3 Å². The van der Waals surface area contributed by atoms with Crippen molar-refractivity contribution in [2.75, 3.05) is 11.9 Å². The molecule has 0 radical (unpaired) electrons. The normalized spacial score (nSPS) is 18.5. The molecule has 8 nitrogen and oxygen atoms in total. The largest absolute Gasteiger partial charge is 0.504 e. The maximum absolute atomic E-state index is 14.7. The molecule has 0 aromatic heterocycles. The van der Waals surface area contributed by atoms with Gasteiger partial charge in [-0.1, -0.05) is 51.5 Å². The van der Waals surface area contributed by atoms with Gasteiger partial charge >= 0.3 is 5.97 Å². The van der Waals surface area contributed by atoms with Gasteiger partial charge in [-0.3, -0.25) is 4.79 Å². The van der Waals surface area contributed by atoms with Gasteiger partial charge in [0.1, 0.15) is 23.7 Å². The van der Waals surface area contributed by atoms with Crippen LogP contribution in [0.2, 0.25) is 0 Å². The summed E-state index contributed by atoms with van der Waals surface area (Å²) in [5, 5.41) is 25.6. The predicted octanol–water partition coefficient (Wildman–Crippen LogP) is 6.73. The number of anilines is 1. The van der Waals surface area contributed by atoms with E-state index < -0.39 is 17.5 Å². The third-order valence-electron chi connectivity index (χ3n) is 7.83. The fraction of sp³-hybridized carbons (Fsp3) is 0.394. The van der Waals surface area contributed by atoms with Crippen LogP contribution in [0.5, 0.6) is 17.2 Å². The Kier molecular flexibility index (Phi) is 10.4. The van der Waals surface area contributed by atoms with Crippen molar-refractivity contribution in [3.63, 3.8) is 0 Å². The third kappa shape index (κ3) is 8.00. The number of benzene rings is 3. The molecule has 3 aromatic carbocycles. The van der Waals surface area contributed by atoms with Crippen LogP contribution >= 0.6 is 0 Å². The summed E-state index contributed by atoms with van der Waals surface area (Å²) in [6.07, 6.45) is 3.46. The minimum absolute atomic E-state index is 0.0473. The Balaban J connectivity index is 1.30. The molecule has 9 heteroatoms. The Labute approximate surface area is 245 Å². The number of phenols is 1. The summed E-state index contributed by atoms with van der Waals surface area (Å²) >= 11 is 0. The maximum atomic E-state index is 14.7. The van der Waals surface area contributed by atoms with Gasteiger partial charge in [-0.15, -0.1) is 0 Å². The number of halogens is 1. The highest BCUT2D eigenvalue weighted by Crippen LogP contribution is 2.36. The number of nitrogens with one attached hydrogen (secondary N) is 2. The summed E-state index contributed by atoms with van der Waals surface area (Å²) in [6.45, 7) is 7.16. The lowest BCUT2D eigenvalue weighted by Crippen LogP contribution is -2.37. The molecule has 42 heavy (non-hydrogen) atoms. The zero-order chi connectivity index (χ0) is 30.2. The molecule has 224 valence electrons. The second-order valence-corrected chi connectivity index (χ2v) is 11.3. The van der Waals surface area contributed by atoms with Gasteiger partial charge in [-0.05, 0) is 72.6 Å². The molecule has 3 aromatic rings. The number of carbonyl (C=O) groups is 2. The first kappa shape index (κ1) is 30.8. The van der Waals surface area contributed by atoms with Gasteiger partial charge in [0.05, 0.1) is 6.10 Å². The summed E-state index contributed by atoms with van der Waals surface area (Å²) in [5.74, 6) is -0.827. The standard InChI is InChI=1S/C33H39FN2O6/c1-20(2)24-15-10-21(3)16-30(24)41-19-31(37)36-17-22-11-13-23(14-12-22)35-18-26-27(34)7-5-8-28(26)42-29-9-4-6-25(32(29)38)33(39)40/h4-9,11-14,20-21,24,30,35,38H,10,15-19H2,1-3H3,(H,36,37)(H,39,40). The van der Waals surface area contributed by atoms with Crippen LogP contribution in [-0.2, 0) is 22.6 Å². The number of ether oxygens (including phenoxy) is 2. The smallest absolute Gasteiger partial charge is 0.339 e. The summed E-state index contributed by atoms with van der Waals surface area (Å²) in [7, 11) is 0. The summed E-state index contributed by atoms with van der Waals surface area (Å²) in [4.78, 5) is 23.8. The van der Waals surface area contributed by atoms with Gasteiger partial charge in [0.25, 0.3) is 0 Å². The van der Waals surface area contributed by atoms with Crippen molar-refractivity contribution in [3.8, 4) is 17.2 Å². The van der Waals surface area contributed by atoms with Crippen LogP contribution in [0.4, 0.5) is 10.1 Å². The van der Waals surface area contributed by atoms with Crippen molar-refractivity contribution in [3.05, 3.63) is 83.2 Å². The van der Waals surface area contributed by atoms with E-state index in [1.165, 1.54) is 36.8 Å². The molecule has 3 unspecified atom stereocenters. The van der Waals surface area contributed by atoms with E-state index in [1.54, 1.807) is 6.07 Å². The number of hydrogen-bond acceptors (Lipinski definition) is 6. The van der Waals surface area contributed by atoms with E-state index in [2.05, 4.69) is 31.4 Å². The van der Waals surface area contributed by atoms with Crippen LogP contribution in [0.3, 0.4) is 0 Å². The lowest BCUT2D eigenvalue weighted by molar-refractivity contribution is -0.131. The first-order valence-electron chi connectivity index (χ1n) is 14.3. The number of hydrogen-bond donors (Lipinski definition) is 4. The SMILES string of the molecule is CC1CCC(C(C)C)C(OCC(=O)NCc2ccc(NCc3c(F)cccc3Oc3cccc(C(=O)O)c3O)cc2)C1. The van der Waals surface area contributed by atoms with Crippen molar-refractivity contribution in [1.82, 2.24) is 5.32 Å². The lowest BCUT2D eigenvalue weighted by atomic mass is 9.75. The van der Waals surface area contributed by atoms with Gasteiger partial charge in [0, 0.05) is 24.3 Å². The number of aromatic hydroxyl groups is 1. The van der Waals surface area contributed by atoms with Gasteiger partial charge in [0.2, 0.25) is 5.91 Å². The van der Waals surface area contributed by atoms with Gasteiger partial charge in [-0.2, -0.15) is 0 Å². The van der Waals surface area contributed by atoms with E-state index in [1.807, 2.05) is 24.3 Å². The minimum Gasteiger partial charge on any atom is -0.504 e. The van der Waals surface area contributed by atoms with Crippen LogP contribution < -0.4 is 15.4 Å². The van der Waals surface area contributed by atoms with E-state index in [9.17, 15) is 24.2 Å². The van der Waals surface area contributed by atoms with Crippen LogP contribution in [0.15, 0.2) is 60.7 Å². The van der Waals surface area contributed by atoms with Crippen molar-refractivity contribution < 1.29 is 33.7 Å². The molecule has 1 saturated carbocycles. The molecule has 0 saturated heterocycles. The summed E-state index contributed by atoms with van der Waals surface area (Å²) in [6, 6.07) is 15.8. The summed E-state index contributed by atoms with van der Waals surface area (Å²) < 4.78 is 26.5. The molecule has 1 aliphatic carbocycles. The van der Waals surface area contributed by atoms with E-state index in [0.29, 0.717) is 24.3 Å². The molecular weight excluding hydrogens is 539 g/mol. The number of rotatable bonds is 12. The van der Waals surface area contributed by atoms with E-state index in [-0.39, 0.29) is 47.8 Å². The molecule has 0 spiro atoms. The van der Waals surface area contributed by atoms with Crippen LogP contribution in [0.1, 0.15) is 61.5 Å². The average molecular weight is 579 g/mol. The Morgan fingerprint density at radius 3 is 2.43 bits per heavy atom. The van der Waals surface area contributed by atoms with Gasteiger partial charge in [0.15, 0.2) is 11.5 Å². The predicted molar refractivity (Wildman–Crippen MR) is 158 cm³/mol. The molecule has 0 heterocycles. The average Bonchev–Trinajstić information content (AvgIpc) is 2.96. The highest BCUT2D eigenvalue weighted by molar-refractivity contribution is 5.91. The first-order valence-corrected chi connectivity index (χ1v) is 14.3. The molecule has 1 aliphatic rings. The molecule has 1 fully saturated rings. The zero-order valence-electron chi connectivity index (χ0n) is 24.2. The molecule has 0 bridgehead atoms. The quantitative estimate of drug-likeness (QED) is 0.188. The van der Waals surface area contributed by atoms with E-state index in [0.717, 1.165) is 24.1 Å². The zero-order valence-corrected chi connectivity index (χ0v) is 24.2. The highest BCUT2D eigenvalue weighted by Gasteiger charge is 2.31. The second kappa shape index (κ2) is 14.2. The Hall–Kier alpha value is -4.11. The molecule has 4 rings (SSSR count). The Morgan fingerprint density at radius 2 is 1.71 bits per heavy atom. The lowest BCUT2D eigenvalue weighted by Gasteiger charge is -2.37. The van der Waals surface area contributed by atoms with Crippen LogP contribution in [0.25, 0.3) is 0 Å². The first-order chi connectivity index (χ1) is 20.1. The molecule has 4 N–H and O–H groups in total. The number of carbonyl (C=O) groups excluding carboxylic acids is 1. The third-order valence-corrected chi connectivity index (χ3v) is 7.83.